The van der Waals surface area contributed by atoms with Crippen molar-refractivity contribution in [3.05, 3.63) is 45.7 Å². The Hall–Kier alpha value is -1.26. The van der Waals surface area contributed by atoms with Gasteiger partial charge in [-0.05, 0) is 25.3 Å². The van der Waals surface area contributed by atoms with Crippen LogP contribution in [0.15, 0.2) is 23.7 Å². The maximum atomic E-state index is 9.47. The van der Waals surface area contributed by atoms with E-state index in [9.17, 15) is 5.11 Å². The quantitative estimate of drug-likeness (QED) is 0.887. The van der Waals surface area contributed by atoms with E-state index in [4.69, 9.17) is 0 Å². The van der Waals surface area contributed by atoms with Gasteiger partial charge in [-0.3, -0.25) is 0 Å². The van der Waals surface area contributed by atoms with Crippen molar-refractivity contribution in [2.24, 2.45) is 0 Å². The third kappa shape index (κ3) is 2.46. The van der Waals surface area contributed by atoms with Crippen LogP contribution in [0.2, 0.25) is 0 Å². The van der Waals surface area contributed by atoms with Crippen LogP contribution in [0.4, 0.5) is 0 Å². The summed E-state index contributed by atoms with van der Waals surface area (Å²) in [4.78, 5) is 9.93. The van der Waals surface area contributed by atoms with Crippen LogP contribution in [-0.2, 0) is 6.42 Å². The van der Waals surface area contributed by atoms with Gasteiger partial charge in [-0.25, -0.2) is 9.97 Å². The SMILES string of the molecule is Cc1nc(Cc2cccs2)ncc1[C@H](C)O. The maximum absolute atomic E-state index is 9.47. The van der Waals surface area contributed by atoms with Crippen molar-refractivity contribution in [1.29, 1.82) is 0 Å². The molecule has 0 radical (unpaired) electrons. The molecular weight excluding hydrogens is 220 g/mol. The lowest BCUT2D eigenvalue weighted by Crippen LogP contribution is -2.03. The normalized spacial score (nSPS) is 12.7. The lowest BCUT2D eigenvalue weighted by Gasteiger charge is -2.08. The van der Waals surface area contributed by atoms with Crippen molar-refractivity contribution < 1.29 is 5.11 Å². The molecule has 0 amide bonds. The second-order valence-electron chi connectivity index (χ2n) is 3.76. The van der Waals surface area contributed by atoms with Gasteiger partial charge >= 0.3 is 0 Å². The first-order chi connectivity index (χ1) is 7.66. The number of aryl methyl sites for hydroxylation is 1. The van der Waals surface area contributed by atoms with Gasteiger partial charge in [0.2, 0.25) is 0 Å². The molecule has 1 atom stereocenters. The van der Waals surface area contributed by atoms with Crippen LogP contribution in [0.3, 0.4) is 0 Å². The van der Waals surface area contributed by atoms with Crippen molar-refractivity contribution in [2.75, 3.05) is 0 Å². The highest BCUT2D eigenvalue weighted by Crippen LogP contribution is 2.16. The fourth-order valence-corrected chi connectivity index (χ4v) is 2.29. The largest absolute Gasteiger partial charge is 0.389 e. The molecule has 1 N–H and O–H groups in total. The van der Waals surface area contributed by atoms with E-state index in [0.717, 1.165) is 23.5 Å². The summed E-state index contributed by atoms with van der Waals surface area (Å²) < 4.78 is 0. The highest BCUT2D eigenvalue weighted by atomic mass is 32.1. The van der Waals surface area contributed by atoms with E-state index in [1.165, 1.54) is 4.88 Å². The van der Waals surface area contributed by atoms with Crippen molar-refractivity contribution in [1.82, 2.24) is 9.97 Å². The van der Waals surface area contributed by atoms with Crippen molar-refractivity contribution in [3.63, 3.8) is 0 Å². The number of nitrogens with zero attached hydrogens (tertiary/aromatic N) is 2. The molecule has 2 aromatic heterocycles. The molecule has 84 valence electrons. The summed E-state index contributed by atoms with van der Waals surface area (Å²) >= 11 is 1.70. The van der Waals surface area contributed by atoms with Crippen molar-refractivity contribution >= 4 is 11.3 Å². The summed E-state index contributed by atoms with van der Waals surface area (Å²) in [5.41, 5.74) is 1.66. The van der Waals surface area contributed by atoms with Gasteiger partial charge in [0.05, 0.1) is 6.10 Å². The molecular formula is C12H14N2OS. The standard InChI is InChI=1S/C12H14N2OS/c1-8-11(9(2)15)7-13-12(14-8)6-10-4-3-5-16-10/h3-5,7,9,15H,6H2,1-2H3/t9-/m0/s1. The Morgan fingerprint density at radius 1 is 1.50 bits per heavy atom. The van der Waals surface area contributed by atoms with E-state index in [1.54, 1.807) is 24.5 Å². The molecule has 4 heteroatoms. The third-order valence-corrected chi connectivity index (χ3v) is 3.31. The number of hydrogen-bond acceptors (Lipinski definition) is 4. The van der Waals surface area contributed by atoms with Crippen molar-refractivity contribution in [2.45, 2.75) is 26.4 Å². The smallest absolute Gasteiger partial charge is 0.133 e. The number of rotatable bonds is 3. The summed E-state index contributed by atoms with van der Waals surface area (Å²) in [5.74, 6) is 0.810. The van der Waals surface area contributed by atoms with Crippen LogP contribution >= 0.6 is 11.3 Å². The van der Waals surface area contributed by atoms with Crippen LogP contribution in [0, 0.1) is 6.92 Å². The Labute approximate surface area is 98.8 Å². The Morgan fingerprint density at radius 2 is 2.31 bits per heavy atom. The molecule has 0 aromatic carbocycles. The van der Waals surface area contributed by atoms with Crippen LogP contribution in [-0.4, -0.2) is 15.1 Å². The van der Waals surface area contributed by atoms with Crippen LogP contribution < -0.4 is 0 Å². The Kier molecular flexibility index (Phi) is 3.31. The molecule has 2 rings (SSSR count). The number of aliphatic hydroxyl groups is 1. The van der Waals surface area contributed by atoms with Gasteiger partial charge < -0.3 is 5.11 Å². The van der Waals surface area contributed by atoms with Gasteiger partial charge in [-0.1, -0.05) is 6.07 Å². The topological polar surface area (TPSA) is 46.0 Å². The summed E-state index contributed by atoms with van der Waals surface area (Å²) in [7, 11) is 0. The van der Waals surface area contributed by atoms with E-state index in [2.05, 4.69) is 16.0 Å². The van der Waals surface area contributed by atoms with Gasteiger partial charge in [0, 0.05) is 28.8 Å². The highest BCUT2D eigenvalue weighted by molar-refractivity contribution is 7.09. The molecule has 3 nitrogen and oxygen atoms in total. The fourth-order valence-electron chi connectivity index (χ4n) is 1.59. The first-order valence-corrected chi connectivity index (χ1v) is 6.07. The molecule has 0 aliphatic rings. The molecule has 0 saturated carbocycles. The first-order valence-electron chi connectivity index (χ1n) is 5.19. The molecule has 0 saturated heterocycles. The summed E-state index contributed by atoms with van der Waals surface area (Å²) in [6.07, 6.45) is 1.98. The van der Waals surface area contributed by atoms with Gasteiger partial charge in [0.1, 0.15) is 5.82 Å². The molecule has 16 heavy (non-hydrogen) atoms. The number of hydrogen-bond donors (Lipinski definition) is 1. The number of aromatic nitrogens is 2. The molecule has 0 unspecified atom stereocenters. The van der Waals surface area contributed by atoms with Gasteiger partial charge in [0.15, 0.2) is 0 Å². The molecule has 2 heterocycles. The minimum absolute atomic E-state index is 0.504. The van der Waals surface area contributed by atoms with Gasteiger partial charge in [-0.2, -0.15) is 0 Å². The second-order valence-corrected chi connectivity index (χ2v) is 4.79. The molecule has 0 bridgehead atoms. The van der Waals surface area contributed by atoms with E-state index >= 15 is 0 Å². The average molecular weight is 234 g/mol. The zero-order valence-corrected chi connectivity index (χ0v) is 10.2. The number of aliphatic hydroxyl groups excluding tert-OH is 1. The average Bonchev–Trinajstić information content (AvgIpc) is 2.70. The Balaban J connectivity index is 2.21. The lowest BCUT2D eigenvalue weighted by molar-refractivity contribution is 0.197. The van der Waals surface area contributed by atoms with E-state index in [1.807, 2.05) is 18.4 Å². The van der Waals surface area contributed by atoms with Crippen LogP contribution in [0.1, 0.15) is 35.0 Å². The van der Waals surface area contributed by atoms with Gasteiger partial charge in [0.25, 0.3) is 0 Å². The highest BCUT2D eigenvalue weighted by Gasteiger charge is 2.08. The first kappa shape index (κ1) is 11.2. The molecule has 0 aliphatic carbocycles. The molecule has 0 spiro atoms. The molecule has 2 aromatic rings. The van der Waals surface area contributed by atoms with E-state index in [-0.39, 0.29) is 0 Å². The summed E-state index contributed by atoms with van der Waals surface area (Å²) in [6, 6.07) is 4.10. The molecule has 0 fully saturated rings. The fraction of sp³-hybridized carbons (Fsp3) is 0.333. The van der Waals surface area contributed by atoms with Crippen LogP contribution in [0.5, 0.6) is 0 Å². The zero-order valence-electron chi connectivity index (χ0n) is 9.34. The number of thiophene rings is 1. The van der Waals surface area contributed by atoms with E-state index in [0.29, 0.717) is 0 Å². The van der Waals surface area contributed by atoms with Crippen molar-refractivity contribution in [3.8, 4) is 0 Å². The molecule has 0 aliphatic heterocycles. The minimum atomic E-state index is -0.504. The predicted molar refractivity (Wildman–Crippen MR) is 64.5 cm³/mol. The van der Waals surface area contributed by atoms with Crippen LogP contribution in [0.25, 0.3) is 0 Å². The Bertz CT molecular complexity index is 466. The monoisotopic (exact) mass is 234 g/mol. The Morgan fingerprint density at radius 3 is 2.88 bits per heavy atom. The second kappa shape index (κ2) is 4.72. The zero-order chi connectivity index (χ0) is 11.5. The lowest BCUT2D eigenvalue weighted by atomic mass is 10.1. The maximum Gasteiger partial charge on any atom is 0.133 e. The van der Waals surface area contributed by atoms with E-state index < -0.39 is 6.10 Å². The van der Waals surface area contributed by atoms with Gasteiger partial charge in [-0.15, -0.1) is 11.3 Å². The minimum Gasteiger partial charge on any atom is -0.389 e. The summed E-state index contributed by atoms with van der Waals surface area (Å²) in [6.45, 7) is 3.63. The summed E-state index contributed by atoms with van der Waals surface area (Å²) in [5, 5.41) is 11.5. The predicted octanol–water partition coefficient (Wildman–Crippen LogP) is 2.49. The third-order valence-electron chi connectivity index (χ3n) is 2.43.